The molecule has 0 aliphatic rings. The van der Waals surface area contributed by atoms with Crippen LogP contribution in [-0.4, -0.2) is 5.78 Å². The highest BCUT2D eigenvalue weighted by Crippen LogP contribution is 2.26. The Morgan fingerprint density at radius 2 is 1.94 bits per heavy atom. The van der Waals surface area contributed by atoms with Crippen molar-refractivity contribution in [3.8, 4) is 0 Å². The lowest BCUT2D eigenvalue weighted by Gasteiger charge is -2.13. The summed E-state index contributed by atoms with van der Waals surface area (Å²) in [5.41, 5.74) is 0.0425. The molecule has 0 N–H and O–H groups in total. The van der Waals surface area contributed by atoms with Crippen molar-refractivity contribution in [3.63, 3.8) is 0 Å². The van der Waals surface area contributed by atoms with Gasteiger partial charge in [0.2, 0.25) is 5.78 Å². The predicted molar refractivity (Wildman–Crippen MR) is 60.0 cm³/mol. The van der Waals surface area contributed by atoms with Crippen LogP contribution in [0.25, 0.3) is 11.0 Å². The highest BCUT2D eigenvalue weighted by atomic mass is 19.1. The number of hydrogen-bond acceptors (Lipinski definition) is 2. The van der Waals surface area contributed by atoms with E-state index in [0.29, 0.717) is 11.0 Å². The largest absolute Gasteiger partial charge is 0.453 e. The topological polar surface area (TPSA) is 30.2 Å². The minimum absolute atomic E-state index is 0.0795. The molecule has 0 bridgehead atoms. The number of ketones is 1. The van der Waals surface area contributed by atoms with E-state index >= 15 is 0 Å². The molecule has 0 aliphatic carbocycles. The van der Waals surface area contributed by atoms with E-state index in [1.807, 2.05) is 20.8 Å². The summed E-state index contributed by atoms with van der Waals surface area (Å²) in [6.07, 6.45) is 0. The second kappa shape index (κ2) is 3.44. The van der Waals surface area contributed by atoms with Crippen molar-refractivity contribution >= 4 is 16.8 Å². The summed E-state index contributed by atoms with van der Waals surface area (Å²) in [6, 6.07) is 5.80. The summed E-state index contributed by atoms with van der Waals surface area (Å²) < 4.78 is 18.3. The van der Waals surface area contributed by atoms with Crippen molar-refractivity contribution in [2.75, 3.05) is 0 Å². The van der Waals surface area contributed by atoms with Gasteiger partial charge in [0.1, 0.15) is 11.4 Å². The molecule has 1 aromatic heterocycles. The number of hydrogen-bond donors (Lipinski definition) is 0. The zero-order chi connectivity index (χ0) is 11.9. The van der Waals surface area contributed by atoms with Gasteiger partial charge in [0.05, 0.1) is 0 Å². The summed E-state index contributed by atoms with van der Waals surface area (Å²) in [7, 11) is 0. The van der Waals surface area contributed by atoms with Gasteiger partial charge >= 0.3 is 0 Å². The van der Waals surface area contributed by atoms with Crippen molar-refractivity contribution < 1.29 is 13.6 Å². The van der Waals surface area contributed by atoms with E-state index in [1.165, 1.54) is 18.2 Å². The molecule has 0 spiro atoms. The van der Waals surface area contributed by atoms with E-state index < -0.39 is 5.41 Å². The Kier molecular flexibility index (Phi) is 2.34. The maximum absolute atomic E-state index is 13.0. The molecule has 84 valence electrons. The Hall–Kier alpha value is -1.64. The summed E-state index contributed by atoms with van der Waals surface area (Å²) in [5, 5.41) is 0.618. The van der Waals surface area contributed by atoms with Crippen LogP contribution in [0.15, 0.2) is 28.7 Å². The van der Waals surface area contributed by atoms with Crippen molar-refractivity contribution in [3.05, 3.63) is 35.8 Å². The third kappa shape index (κ3) is 1.85. The monoisotopic (exact) mass is 220 g/mol. The van der Waals surface area contributed by atoms with Gasteiger partial charge in [0, 0.05) is 10.8 Å². The van der Waals surface area contributed by atoms with Gasteiger partial charge in [0.25, 0.3) is 0 Å². The van der Waals surface area contributed by atoms with Gasteiger partial charge < -0.3 is 4.42 Å². The molecule has 3 heteroatoms. The fourth-order valence-electron chi connectivity index (χ4n) is 1.50. The van der Waals surface area contributed by atoms with Crippen LogP contribution in [0.1, 0.15) is 31.3 Å². The Morgan fingerprint density at radius 1 is 1.25 bits per heavy atom. The van der Waals surface area contributed by atoms with Crippen LogP contribution in [0.5, 0.6) is 0 Å². The van der Waals surface area contributed by atoms with E-state index in [2.05, 4.69) is 0 Å². The first-order chi connectivity index (χ1) is 7.38. The lowest BCUT2D eigenvalue weighted by Crippen LogP contribution is -2.19. The van der Waals surface area contributed by atoms with Crippen molar-refractivity contribution in [1.82, 2.24) is 0 Å². The molecule has 0 radical (unpaired) electrons. The van der Waals surface area contributed by atoms with Crippen LogP contribution in [0, 0.1) is 11.2 Å². The van der Waals surface area contributed by atoms with Crippen LogP contribution in [0.3, 0.4) is 0 Å². The molecule has 0 aliphatic heterocycles. The number of furan rings is 1. The molecule has 0 amide bonds. The Morgan fingerprint density at radius 3 is 2.56 bits per heavy atom. The highest BCUT2D eigenvalue weighted by molar-refractivity contribution is 6.00. The van der Waals surface area contributed by atoms with Crippen LogP contribution < -0.4 is 0 Å². The zero-order valence-electron chi connectivity index (χ0n) is 9.50. The molecule has 0 saturated heterocycles. The number of fused-ring (bicyclic) bond motifs is 1. The van der Waals surface area contributed by atoms with E-state index in [-0.39, 0.29) is 17.4 Å². The van der Waals surface area contributed by atoms with Gasteiger partial charge in [-0.2, -0.15) is 0 Å². The third-order valence-corrected chi connectivity index (χ3v) is 2.38. The van der Waals surface area contributed by atoms with Crippen LogP contribution >= 0.6 is 0 Å². The minimum atomic E-state index is -0.494. The molecule has 0 saturated carbocycles. The summed E-state index contributed by atoms with van der Waals surface area (Å²) in [5.74, 6) is -0.125. The van der Waals surface area contributed by atoms with Crippen LogP contribution in [0.2, 0.25) is 0 Å². The van der Waals surface area contributed by atoms with E-state index in [4.69, 9.17) is 4.42 Å². The number of benzene rings is 1. The molecule has 16 heavy (non-hydrogen) atoms. The van der Waals surface area contributed by atoms with Gasteiger partial charge in [-0.1, -0.05) is 20.8 Å². The molecule has 0 atom stereocenters. The van der Waals surface area contributed by atoms with Crippen molar-refractivity contribution in [2.24, 2.45) is 5.41 Å². The van der Waals surface area contributed by atoms with Gasteiger partial charge in [-0.3, -0.25) is 4.79 Å². The molecule has 1 heterocycles. The Bertz CT molecular complexity index is 547. The standard InChI is InChI=1S/C13H13FO2/c1-13(2,3)12(15)11-7-8-6-9(14)4-5-10(8)16-11/h4-7H,1-3H3. The molecular weight excluding hydrogens is 207 g/mol. The van der Waals surface area contributed by atoms with Crippen LogP contribution in [-0.2, 0) is 0 Å². The summed E-state index contributed by atoms with van der Waals surface area (Å²) in [6.45, 7) is 5.47. The average Bonchev–Trinajstić information content (AvgIpc) is 2.57. The molecule has 2 nitrogen and oxygen atoms in total. The maximum Gasteiger partial charge on any atom is 0.203 e. The molecule has 0 fully saturated rings. The normalized spacial score (nSPS) is 12.0. The quantitative estimate of drug-likeness (QED) is 0.684. The highest BCUT2D eigenvalue weighted by Gasteiger charge is 2.26. The minimum Gasteiger partial charge on any atom is -0.453 e. The lowest BCUT2D eigenvalue weighted by atomic mass is 9.89. The Labute approximate surface area is 93.1 Å². The van der Waals surface area contributed by atoms with Gasteiger partial charge in [0.15, 0.2) is 5.76 Å². The smallest absolute Gasteiger partial charge is 0.203 e. The number of rotatable bonds is 1. The number of carbonyl (C=O) groups excluding carboxylic acids is 1. The molecule has 2 rings (SSSR count). The molecule has 1 aromatic carbocycles. The van der Waals surface area contributed by atoms with Gasteiger partial charge in [-0.05, 0) is 24.3 Å². The predicted octanol–water partition coefficient (Wildman–Crippen LogP) is 3.80. The lowest BCUT2D eigenvalue weighted by molar-refractivity contribution is 0.0831. The second-order valence-corrected chi connectivity index (χ2v) is 4.87. The van der Waals surface area contributed by atoms with Gasteiger partial charge in [-0.15, -0.1) is 0 Å². The van der Waals surface area contributed by atoms with Crippen molar-refractivity contribution in [1.29, 1.82) is 0 Å². The first-order valence-electron chi connectivity index (χ1n) is 5.12. The number of halogens is 1. The fraction of sp³-hybridized carbons (Fsp3) is 0.308. The van der Waals surface area contributed by atoms with E-state index in [9.17, 15) is 9.18 Å². The average molecular weight is 220 g/mol. The van der Waals surface area contributed by atoms with E-state index in [0.717, 1.165) is 0 Å². The first-order valence-corrected chi connectivity index (χ1v) is 5.12. The zero-order valence-corrected chi connectivity index (χ0v) is 9.50. The summed E-state index contributed by atoms with van der Waals surface area (Å²) >= 11 is 0. The molecule has 2 aromatic rings. The van der Waals surface area contributed by atoms with Crippen LogP contribution in [0.4, 0.5) is 4.39 Å². The van der Waals surface area contributed by atoms with Gasteiger partial charge in [-0.25, -0.2) is 4.39 Å². The van der Waals surface area contributed by atoms with E-state index in [1.54, 1.807) is 6.07 Å². The fourth-order valence-corrected chi connectivity index (χ4v) is 1.50. The SMILES string of the molecule is CC(C)(C)C(=O)c1cc2cc(F)ccc2o1. The molecule has 0 unspecified atom stereocenters. The number of Topliss-reactive ketones (excluding diaryl/α,β-unsaturated/α-hetero) is 1. The molecular formula is C13H13FO2. The Balaban J connectivity index is 2.52. The first kappa shape index (κ1) is 10.9. The number of carbonyl (C=O) groups is 1. The van der Waals surface area contributed by atoms with Crippen molar-refractivity contribution in [2.45, 2.75) is 20.8 Å². The third-order valence-electron chi connectivity index (χ3n) is 2.38. The summed E-state index contributed by atoms with van der Waals surface area (Å²) in [4.78, 5) is 11.9. The second-order valence-electron chi connectivity index (χ2n) is 4.87. The maximum atomic E-state index is 13.0.